The first-order valence-corrected chi connectivity index (χ1v) is 19.0. The number of ether oxygens (including phenoxy) is 6. The number of hydrogen-bond donors (Lipinski definition) is 0. The summed E-state index contributed by atoms with van der Waals surface area (Å²) in [6, 6.07) is 26.2. The highest BCUT2D eigenvalue weighted by atomic mass is 16.6. The monoisotopic (exact) mass is 852 g/mol. The van der Waals surface area contributed by atoms with Gasteiger partial charge in [0.15, 0.2) is 0 Å². The highest BCUT2D eigenvalue weighted by molar-refractivity contribution is 5.81. The molecule has 0 spiro atoms. The summed E-state index contributed by atoms with van der Waals surface area (Å²) in [4.78, 5) is 48.4. The van der Waals surface area contributed by atoms with E-state index in [2.05, 4.69) is 50.2 Å². The molecule has 3 aromatic heterocycles. The number of aromatic nitrogens is 6. The normalized spacial score (nSPS) is 10.7. The van der Waals surface area contributed by atoms with Crippen LogP contribution in [0.25, 0.3) is 68.5 Å². The number of hydrogen-bond acceptors (Lipinski definition) is 18. The molecule has 18 nitrogen and oxygen atoms in total. The maximum absolute atomic E-state index is 11.7. The Kier molecular flexibility index (Phi) is 13.8. The van der Waals surface area contributed by atoms with Crippen molar-refractivity contribution in [2.45, 2.75) is 6.42 Å². The third-order valence-corrected chi connectivity index (χ3v) is 8.54. The van der Waals surface area contributed by atoms with E-state index in [1.807, 2.05) is 0 Å². The molecule has 0 unspecified atom stereocenters. The molecule has 7 rings (SSSR count). The zero-order chi connectivity index (χ0) is 44.0. The van der Waals surface area contributed by atoms with Gasteiger partial charge in [0.25, 0.3) is 17.7 Å². The number of nitrogens with zero attached hydrogens (tertiary/aromatic N) is 6. The van der Waals surface area contributed by atoms with Crippen molar-refractivity contribution in [2.24, 2.45) is 0 Å². The van der Waals surface area contributed by atoms with E-state index < -0.39 is 17.9 Å². The van der Waals surface area contributed by atoms with Gasteiger partial charge >= 0.3 is 17.9 Å². The molecule has 3 heterocycles. The molecule has 0 saturated heterocycles. The summed E-state index contributed by atoms with van der Waals surface area (Å²) in [7, 11) is 0. The van der Waals surface area contributed by atoms with Crippen LogP contribution < -0.4 is 14.2 Å². The molecule has 0 atom stereocenters. The Morgan fingerprint density at radius 2 is 0.873 bits per heavy atom. The van der Waals surface area contributed by atoms with Crippen LogP contribution in [0.4, 0.5) is 0 Å². The molecule has 318 valence electrons. The Morgan fingerprint density at radius 1 is 0.492 bits per heavy atom. The van der Waals surface area contributed by atoms with E-state index in [1.54, 1.807) is 91.0 Å². The van der Waals surface area contributed by atoms with E-state index in [9.17, 15) is 14.4 Å². The maximum Gasteiger partial charge on any atom is 0.330 e. The van der Waals surface area contributed by atoms with Crippen LogP contribution in [0, 0.1) is 0 Å². The Labute approximate surface area is 358 Å². The summed E-state index contributed by atoms with van der Waals surface area (Å²) in [5.41, 5.74) is 3.14. The van der Waals surface area contributed by atoms with Crippen LogP contribution in [0.1, 0.15) is 6.42 Å². The minimum atomic E-state index is -0.546. The summed E-state index contributed by atoms with van der Waals surface area (Å²) in [5, 5.41) is 12.6. The van der Waals surface area contributed by atoms with Crippen molar-refractivity contribution in [2.75, 3.05) is 33.0 Å². The average molecular weight is 853 g/mol. The summed E-state index contributed by atoms with van der Waals surface area (Å²) in [5.74, 6) is 1.11. The molecule has 0 fully saturated rings. The zero-order valence-electron chi connectivity index (χ0n) is 33.3. The van der Waals surface area contributed by atoms with Crippen LogP contribution in [0.15, 0.2) is 143 Å². The summed E-state index contributed by atoms with van der Waals surface area (Å²) in [6.45, 7) is 10.5. The minimum absolute atomic E-state index is 0.0269. The predicted molar refractivity (Wildman–Crippen MR) is 222 cm³/mol. The Morgan fingerprint density at radius 3 is 1.24 bits per heavy atom. The fourth-order valence-corrected chi connectivity index (χ4v) is 5.67. The van der Waals surface area contributed by atoms with Crippen molar-refractivity contribution < 1.29 is 56.4 Å². The van der Waals surface area contributed by atoms with Crippen LogP contribution >= 0.6 is 0 Å². The first kappa shape index (κ1) is 42.5. The first-order chi connectivity index (χ1) is 30.8. The van der Waals surface area contributed by atoms with Crippen LogP contribution in [0.5, 0.6) is 17.2 Å². The Hall–Kier alpha value is -8.67. The van der Waals surface area contributed by atoms with Crippen molar-refractivity contribution in [1.29, 1.82) is 0 Å². The SMILES string of the molecule is C=COC(=O)CCOc1cccc(-c2noc(-c3cc(-c4nc(-c5cccc(OCCOC(=O)C=C)c5)no4)cc(-c4nc(-c5cccc(OCCOC(=O)C=C)c5)no4)c3)n2)c1. The van der Waals surface area contributed by atoms with Crippen LogP contribution in [-0.4, -0.2) is 81.4 Å². The van der Waals surface area contributed by atoms with Crippen LogP contribution in [0.3, 0.4) is 0 Å². The van der Waals surface area contributed by atoms with Crippen LogP contribution in [0.2, 0.25) is 0 Å². The van der Waals surface area contributed by atoms with Crippen molar-refractivity contribution in [3.05, 3.63) is 129 Å². The smallest absolute Gasteiger partial charge is 0.330 e. The quantitative estimate of drug-likeness (QED) is 0.0224. The number of carbonyl (C=O) groups is 3. The van der Waals surface area contributed by atoms with E-state index in [-0.39, 0.29) is 74.6 Å². The van der Waals surface area contributed by atoms with Gasteiger partial charge in [0.2, 0.25) is 17.5 Å². The molecule has 0 amide bonds. The van der Waals surface area contributed by atoms with E-state index >= 15 is 0 Å². The highest BCUT2D eigenvalue weighted by Gasteiger charge is 2.21. The molecular formula is C45H36N6O12. The van der Waals surface area contributed by atoms with Gasteiger partial charge in [-0.25, -0.2) is 9.59 Å². The number of rotatable bonds is 21. The second-order valence-corrected chi connectivity index (χ2v) is 12.8. The van der Waals surface area contributed by atoms with E-state index in [0.717, 1.165) is 18.4 Å². The van der Waals surface area contributed by atoms with Crippen LogP contribution in [-0.2, 0) is 28.6 Å². The molecule has 0 saturated carbocycles. The largest absolute Gasteiger partial charge is 0.493 e. The highest BCUT2D eigenvalue weighted by Crippen LogP contribution is 2.35. The van der Waals surface area contributed by atoms with Gasteiger partial charge in [-0.1, -0.05) is 71.6 Å². The van der Waals surface area contributed by atoms with Gasteiger partial charge in [-0.2, -0.15) is 15.0 Å². The maximum atomic E-state index is 11.7. The van der Waals surface area contributed by atoms with Crippen molar-refractivity contribution in [1.82, 2.24) is 30.4 Å². The number of esters is 3. The van der Waals surface area contributed by atoms with Gasteiger partial charge in [-0.3, -0.25) is 4.79 Å². The lowest BCUT2D eigenvalue weighted by Gasteiger charge is -2.07. The molecule has 0 aliphatic rings. The van der Waals surface area contributed by atoms with Crippen molar-refractivity contribution in [3.8, 4) is 85.8 Å². The van der Waals surface area contributed by atoms with Gasteiger partial charge < -0.3 is 42.0 Å². The third-order valence-electron chi connectivity index (χ3n) is 8.54. The van der Waals surface area contributed by atoms with Crippen molar-refractivity contribution >= 4 is 17.9 Å². The standard InChI is InChI=1S/C45H36N6O12/c1-4-37(52)59-20-18-57-35-14-8-11-29(26-35)41-47-44(62-50-41)32-22-31(43-46-40(49-61-43)28-10-7-13-34(25-28)56-17-16-39(54)55-6-3)23-33(24-32)45-48-42(51-63-45)30-12-9-15-36(27-30)58-19-21-60-38(53)5-2/h4-15,22-27H,1-3,16-21H2. The third kappa shape index (κ3) is 11.3. The van der Waals surface area contributed by atoms with Gasteiger partial charge in [0.1, 0.15) is 43.7 Å². The molecule has 0 radical (unpaired) electrons. The summed E-state index contributed by atoms with van der Waals surface area (Å²) >= 11 is 0. The van der Waals surface area contributed by atoms with Gasteiger partial charge in [0, 0.05) is 45.5 Å². The molecule has 18 heteroatoms. The lowest BCUT2D eigenvalue weighted by molar-refractivity contribution is -0.139. The molecule has 63 heavy (non-hydrogen) atoms. The minimum Gasteiger partial charge on any atom is -0.493 e. The van der Waals surface area contributed by atoms with E-state index in [4.69, 9.17) is 42.0 Å². The predicted octanol–water partition coefficient (Wildman–Crippen LogP) is 7.51. The molecule has 0 bridgehead atoms. The molecule has 0 aliphatic heterocycles. The first-order valence-electron chi connectivity index (χ1n) is 19.0. The fourth-order valence-electron chi connectivity index (χ4n) is 5.67. The summed E-state index contributed by atoms with van der Waals surface area (Å²) < 4.78 is 49.2. The zero-order valence-corrected chi connectivity index (χ0v) is 33.3. The van der Waals surface area contributed by atoms with E-state index in [0.29, 0.717) is 50.6 Å². The van der Waals surface area contributed by atoms with Gasteiger partial charge in [-0.05, 0) is 54.6 Å². The lowest BCUT2D eigenvalue weighted by Crippen LogP contribution is -2.10. The topological polar surface area (TPSA) is 223 Å². The van der Waals surface area contributed by atoms with E-state index in [1.165, 1.54) is 0 Å². The Balaban J connectivity index is 1.16. The van der Waals surface area contributed by atoms with Gasteiger partial charge in [0.05, 0.1) is 19.3 Å². The molecule has 0 N–H and O–H groups in total. The lowest BCUT2D eigenvalue weighted by atomic mass is 10.0. The molecule has 4 aromatic carbocycles. The van der Waals surface area contributed by atoms with Gasteiger partial charge in [-0.15, -0.1) is 0 Å². The fraction of sp³-hybridized carbons (Fsp3) is 0.133. The molecular weight excluding hydrogens is 817 g/mol. The average Bonchev–Trinajstić information content (AvgIpc) is 4.12. The number of carbonyl (C=O) groups excluding carboxylic acids is 3. The second kappa shape index (κ2) is 20.5. The van der Waals surface area contributed by atoms with Crippen molar-refractivity contribution in [3.63, 3.8) is 0 Å². The second-order valence-electron chi connectivity index (χ2n) is 12.8. The summed E-state index contributed by atoms with van der Waals surface area (Å²) in [6.07, 6.45) is 3.25. The Bertz CT molecular complexity index is 2630. The molecule has 7 aromatic rings. The number of benzene rings is 4. The molecule has 0 aliphatic carbocycles.